The molecule has 0 saturated heterocycles. The summed E-state index contributed by atoms with van der Waals surface area (Å²) >= 11 is 1.40. The first-order chi connectivity index (χ1) is 13.5. The van der Waals surface area contributed by atoms with Gasteiger partial charge in [0.15, 0.2) is 0 Å². The number of amides is 1. The quantitative estimate of drug-likeness (QED) is 0.441. The average Bonchev–Trinajstić information content (AvgIpc) is 3.33. The number of hydrogen-bond donors (Lipinski definition) is 1. The van der Waals surface area contributed by atoms with E-state index in [4.69, 9.17) is 0 Å². The second-order valence-electron chi connectivity index (χ2n) is 6.70. The van der Waals surface area contributed by atoms with Crippen molar-refractivity contribution in [3.63, 3.8) is 0 Å². The van der Waals surface area contributed by atoms with Crippen LogP contribution in [0.2, 0.25) is 0 Å². The van der Waals surface area contributed by atoms with Gasteiger partial charge in [-0.15, -0.1) is 11.3 Å². The number of nitrogens with one attached hydrogen (secondary N) is 1. The molecular weight excluding hydrogens is 371 g/mol. The van der Waals surface area contributed by atoms with Gasteiger partial charge >= 0.3 is 0 Å². The van der Waals surface area contributed by atoms with Crippen LogP contribution < -0.4 is 5.32 Å². The van der Waals surface area contributed by atoms with Crippen molar-refractivity contribution in [1.29, 1.82) is 0 Å². The van der Waals surface area contributed by atoms with Gasteiger partial charge in [-0.05, 0) is 55.3 Å². The zero-order valence-electron chi connectivity index (χ0n) is 15.6. The lowest BCUT2D eigenvalue weighted by Crippen LogP contribution is -2.13. The van der Waals surface area contributed by atoms with Crippen LogP contribution in [0.15, 0.2) is 72.4 Å². The maximum atomic E-state index is 13.4. The van der Waals surface area contributed by atoms with Gasteiger partial charge in [-0.3, -0.25) is 4.79 Å². The highest BCUT2D eigenvalue weighted by atomic mass is 32.1. The number of hydrogen-bond acceptors (Lipinski definition) is 2. The minimum absolute atomic E-state index is 0.207. The first-order valence-corrected chi connectivity index (χ1v) is 9.80. The van der Waals surface area contributed by atoms with Crippen molar-refractivity contribution in [2.75, 3.05) is 5.32 Å². The van der Waals surface area contributed by atoms with Crippen molar-refractivity contribution in [2.24, 2.45) is 0 Å². The van der Waals surface area contributed by atoms with Gasteiger partial charge in [0.2, 0.25) is 0 Å². The number of carbonyl (C=O) groups excluding carboxylic acids is 1. The van der Waals surface area contributed by atoms with Gasteiger partial charge in [-0.2, -0.15) is 0 Å². The lowest BCUT2D eigenvalue weighted by Gasteiger charge is -2.11. The van der Waals surface area contributed by atoms with Crippen LogP contribution >= 0.6 is 11.3 Å². The summed E-state index contributed by atoms with van der Waals surface area (Å²) in [5.74, 6) is -0.525. The minimum atomic E-state index is -0.318. The van der Waals surface area contributed by atoms with Crippen LogP contribution in [0.4, 0.5) is 10.1 Å². The number of halogens is 1. The largest absolute Gasteiger partial charge is 0.322 e. The Balaban J connectivity index is 1.76. The third-order valence-corrected chi connectivity index (χ3v) is 5.60. The molecule has 0 bridgehead atoms. The van der Waals surface area contributed by atoms with E-state index in [-0.39, 0.29) is 11.7 Å². The predicted molar refractivity (Wildman–Crippen MR) is 113 cm³/mol. The second kappa shape index (κ2) is 7.44. The number of anilines is 1. The Hall–Kier alpha value is -3.18. The third-order valence-electron chi connectivity index (χ3n) is 4.63. The van der Waals surface area contributed by atoms with Crippen LogP contribution in [0.5, 0.6) is 0 Å². The van der Waals surface area contributed by atoms with Crippen molar-refractivity contribution in [1.82, 2.24) is 4.57 Å². The molecule has 4 rings (SSSR count). The summed E-state index contributed by atoms with van der Waals surface area (Å²) in [7, 11) is 0. The van der Waals surface area contributed by atoms with E-state index in [9.17, 15) is 9.18 Å². The van der Waals surface area contributed by atoms with Crippen molar-refractivity contribution in [2.45, 2.75) is 13.8 Å². The minimum Gasteiger partial charge on any atom is -0.322 e. The highest BCUT2D eigenvalue weighted by molar-refractivity contribution is 7.13. The van der Waals surface area contributed by atoms with Gasteiger partial charge in [-0.25, -0.2) is 4.39 Å². The van der Waals surface area contributed by atoms with Gasteiger partial charge in [0.25, 0.3) is 5.91 Å². The molecule has 4 aromatic rings. The van der Waals surface area contributed by atoms with Gasteiger partial charge in [0, 0.05) is 29.0 Å². The standard InChI is InChI=1S/C23H19FN2OS/c1-15-5-7-17(8-6-15)19-14-28-22(21(19)26-11-3-4-12-26)23(27)25-20-10-9-18(24)13-16(20)2/h3-14H,1-2H3,(H,25,27). The maximum Gasteiger partial charge on any atom is 0.267 e. The molecule has 2 aromatic heterocycles. The van der Waals surface area contributed by atoms with Crippen molar-refractivity contribution in [3.05, 3.63) is 94.2 Å². The molecule has 0 atom stereocenters. The molecule has 0 saturated carbocycles. The highest BCUT2D eigenvalue weighted by Crippen LogP contribution is 2.35. The van der Waals surface area contributed by atoms with Crippen LogP contribution in [-0.4, -0.2) is 10.5 Å². The van der Waals surface area contributed by atoms with E-state index >= 15 is 0 Å². The third kappa shape index (κ3) is 3.49. The molecule has 1 N–H and O–H groups in total. The zero-order chi connectivity index (χ0) is 19.7. The molecule has 2 heterocycles. The second-order valence-corrected chi connectivity index (χ2v) is 7.58. The molecule has 28 heavy (non-hydrogen) atoms. The van der Waals surface area contributed by atoms with Crippen molar-refractivity contribution in [3.8, 4) is 16.8 Å². The number of aromatic nitrogens is 1. The van der Waals surface area contributed by atoms with Gasteiger partial charge < -0.3 is 9.88 Å². The fourth-order valence-electron chi connectivity index (χ4n) is 3.14. The summed E-state index contributed by atoms with van der Waals surface area (Å²) < 4.78 is 15.3. The van der Waals surface area contributed by atoms with E-state index in [1.807, 2.05) is 41.4 Å². The molecule has 0 unspecified atom stereocenters. The molecular formula is C23H19FN2OS. The highest BCUT2D eigenvalue weighted by Gasteiger charge is 2.21. The van der Waals surface area contributed by atoms with Gasteiger partial charge in [0.05, 0.1) is 5.69 Å². The Morgan fingerprint density at radius 3 is 2.43 bits per heavy atom. The molecule has 0 aliphatic rings. The Kier molecular flexibility index (Phi) is 4.84. The van der Waals surface area contributed by atoms with Crippen LogP contribution in [-0.2, 0) is 0 Å². The average molecular weight is 390 g/mol. The van der Waals surface area contributed by atoms with Crippen LogP contribution in [0.25, 0.3) is 16.8 Å². The molecule has 2 aromatic carbocycles. The van der Waals surface area contributed by atoms with E-state index < -0.39 is 0 Å². The summed E-state index contributed by atoms with van der Waals surface area (Å²) in [6.45, 7) is 3.83. The number of nitrogens with zero attached hydrogens (tertiary/aromatic N) is 1. The topological polar surface area (TPSA) is 34.0 Å². The molecule has 5 heteroatoms. The summed E-state index contributed by atoms with van der Waals surface area (Å²) in [6, 6.07) is 16.5. The Morgan fingerprint density at radius 2 is 1.75 bits per heavy atom. The van der Waals surface area contributed by atoms with Crippen molar-refractivity contribution < 1.29 is 9.18 Å². The van der Waals surface area contributed by atoms with Crippen LogP contribution in [0.1, 0.15) is 20.8 Å². The zero-order valence-corrected chi connectivity index (χ0v) is 16.4. The first kappa shape index (κ1) is 18.2. The van der Waals surface area contributed by atoms with Crippen molar-refractivity contribution >= 4 is 22.9 Å². The Bertz CT molecular complexity index is 1130. The number of aryl methyl sites for hydroxylation is 2. The Labute approximate surface area is 167 Å². The number of rotatable bonds is 4. The maximum absolute atomic E-state index is 13.4. The van der Waals surface area contributed by atoms with E-state index in [1.165, 1.54) is 29.0 Å². The van der Waals surface area contributed by atoms with Crippen LogP contribution in [0, 0.1) is 19.7 Å². The number of benzene rings is 2. The SMILES string of the molecule is Cc1ccc(-c2csc(C(=O)Nc3ccc(F)cc3C)c2-n2cccc2)cc1. The summed E-state index contributed by atoms with van der Waals surface area (Å²) in [5.41, 5.74) is 5.38. The van der Waals surface area contributed by atoms with E-state index in [0.717, 1.165) is 16.8 Å². The first-order valence-electron chi connectivity index (χ1n) is 8.92. The predicted octanol–water partition coefficient (Wildman–Crippen LogP) is 6.21. The molecule has 0 aliphatic heterocycles. The molecule has 140 valence electrons. The number of thiophene rings is 1. The molecule has 0 radical (unpaired) electrons. The monoisotopic (exact) mass is 390 g/mol. The lowest BCUT2D eigenvalue weighted by atomic mass is 10.0. The molecule has 0 spiro atoms. The van der Waals surface area contributed by atoms with E-state index in [2.05, 4.69) is 29.6 Å². The smallest absolute Gasteiger partial charge is 0.267 e. The normalized spacial score (nSPS) is 10.8. The Morgan fingerprint density at radius 1 is 1.04 bits per heavy atom. The van der Waals surface area contributed by atoms with E-state index in [1.54, 1.807) is 13.0 Å². The fourth-order valence-corrected chi connectivity index (χ4v) is 4.11. The molecule has 1 amide bonds. The van der Waals surface area contributed by atoms with E-state index in [0.29, 0.717) is 16.1 Å². The van der Waals surface area contributed by atoms with Crippen LogP contribution in [0.3, 0.4) is 0 Å². The molecule has 0 fully saturated rings. The summed E-state index contributed by atoms with van der Waals surface area (Å²) in [4.78, 5) is 13.7. The summed E-state index contributed by atoms with van der Waals surface area (Å²) in [5, 5.41) is 4.93. The molecule has 3 nitrogen and oxygen atoms in total. The van der Waals surface area contributed by atoms with Gasteiger partial charge in [-0.1, -0.05) is 29.8 Å². The lowest BCUT2D eigenvalue weighted by molar-refractivity contribution is 0.103. The fraction of sp³-hybridized carbons (Fsp3) is 0.0870. The summed E-state index contributed by atoms with van der Waals surface area (Å²) in [6.07, 6.45) is 3.86. The van der Waals surface area contributed by atoms with Gasteiger partial charge in [0.1, 0.15) is 10.7 Å². The number of carbonyl (C=O) groups is 1. The molecule has 0 aliphatic carbocycles.